The molecule has 2 atom stereocenters. The SMILES string of the molecule is Cc1ccc(S(=O)(=O)N2CCC[C@@H]2CNC(=O)C(=O)NC[C@@H]2CCCO2)cc1. The van der Waals surface area contributed by atoms with Crippen LogP contribution in [0.1, 0.15) is 31.2 Å². The van der Waals surface area contributed by atoms with E-state index in [9.17, 15) is 18.0 Å². The van der Waals surface area contributed by atoms with Crippen molar-refractivity contribution in [3.05, 3.63) is 29.8 Å². The summed E-state index contributed by atoms with van der Waals surface area (Å²) < 4.78 is 32.6. The second-order valence-electron chi connectivity index (χ2n) is 7.28. The molecule has 28 heavy (non-hydrogen) atoms. The van der Waals surface area contributed by atoms with Gasteiger partial charge in [-0.25, -0.2) is 8.42 Å². The zero-order valence-corrected chi connectivity index (χ0v) is 16.8. The number of nitrogens with one attached hydrogen (secondary N) is 2. The highest BCUT2D eigenvalue weighted by molar-refractivity contribution is 7.89. The Morgan fingerprint density at radius 1 is 1.07 bits per heavy atom. The molecule has 0 radical (unpaired) electrons. The van der Waals surface area contributed by atoms with Gasteiger partial charge in [0.25, 0.3) is 0 Å². The molecule has 2 aliphatic heterocycles. The van der Waals surface area contributed by atoms with Crippen molar-refractivity contribution >= 4 is 21.8 Å². The zero-order valence-electron chi connectivity index (χ0n) is 16.0. The van der Waals surface area contributed by atoms with E-state index in [-0.39, 0.29) is 23.6 Å². The van der Waals surface area contributed by atoms with E-state index in [1.54, 1.807) is 24.3 Å². The van der Waals surface area contributed by atoms with Crippen molar-refractivity contribution in [2.75, 3.05) is 26.2 Å². The Balaban J connectivity index is 1.53. The molecule has 2 saturated heterocycles. The van der Waals surface area contributed by atoms with Crippen LogP contribution < -0.4 is 10.6 Å². The molecule has 2 aliphatic rings. The Bertz CT molecular complexity index is 803. The van der Waals surface area contributed by atoms with Crippen molar-refractivity contribution in [3.8, 4) is 0 Å². The first kappa shape index (κ1) is 20.8. The lowest BCUT2D eigenvalue weighted by atomic mass is 10.2. The van der Waals surface area contributed by atoms with Gasteiger partial charge in [-0.2, -0.15) is 4.31 Å². The molecule has 2 fully saturated rings. The van der Waals surface area contributed by atoms with E-state index in [1.807, 2.05) is 6.92 Å². The maximum atomic E-state index is 12.9. The first-order chi connectivity index (χ1) is 13.4. The Kier molecular flexibility index (Phi) is 6.69. The fourth-order valence-electron chi connectivity index (χ4n) is 3.56. The van der Waals surface area contributed by atoms with E-state index in [1.165, 1.54) is 4.31 Å². The third-order valence-electron chi connectivity index (χ3n) is 5.17. The molecular formula is C19H27N3O5S. The number of hydrogen-bond donors (Lipinski definition) is 2. The number of ether oxygens (including phenoxy) is 1. The highest BCUT2D eigenvalue weighted by Gasteiger charge is 2.35. The van der Waals surface area contributed by atoms with Crippen LogP contribution in [-0.2, 0) is 24.3 Å². The average molecular weight is 410 g/mol. The van der Waals surface area contributed by atoms with E-state index in [0.29, 0.717) is 26.1 Å². The quantitative estimate of drug-likeness (QED) is 0.668. The molecule has 0 aliphatic carbocycles. The van der Waals surface area contributed by atoms with Gasteiger partial charge >= 0.3 is 11.8 Å². The summed E-state index contributed by atoms with van der Waals surface area (Å²) in [6, 6.07) is 6.35. The minimum absolute atomic E-state index is 0.0401. The third kappa shape index (κ3) is 4.89. The summed E-state index contributed by atoms with van der Waals surface area (Å²) in [5.74, 6) is -1.47. The highest BCUT2D eigenvalue weighted by Crippen LogP contribution is 2.25. The maximum absolute atomic E-state index is 12.9. The van der Waals surface area contributed by atoms with Crippen molar-refractivity contribution in [1.29, 1.82) is 0 Å². The van der Waals surface area contributed by atoms with Gasteiger partial charge in [-0.15, -0.1) is 0 Å². The molecule has 9 heteroatoms. The lowest BCUT2D eigenvalue weighted by Crippen LogP contribution is -2.47. The van der Waals surface area contributed by atoms with Crippen molar-refractivity contribution in [1.82, 2.24) is 14.9 Å². The first-order valence-electron chi connectivity index (χ1n) is 9.64. The number of rotatable bonds is 6. The van der Waals surface area contributed by atoms with Crippen LogP contribution in [0.5, 0.6) is 0 Å². The number of nitrogens with zero attached hydrogens (tertiary/aromatic N) is 1. The molecule has 0 unspecified atom stereocenters. The van der Waals surface area contributed by atoms with Gasteiger partial charge in [0.05, 0.1) is 11.0 Å². The Labute approximate surface area is 165 Å². The number of sulfonamides is 1. The number of carbonyl (C=O) groups is 2. The molecule has 0 aromatic heterocycles. The summed E-state index contributed by atoms with van der Waals surface area (Å²) in [6.07, 6.45) is 3.15. The van der Waals surface area contributed by atoms with Gasteiger partial charge in [0.2, 0.25) is 10.0 Å². The molecule has 154 valence electrons. The van der Waals surface area contributed by atoms with Crippen LogP contribution in [-0.4, -0.2) is 62.9 Å². The molecule has 0 bridgehead atoms. The topological polar surface area (TPSA) is 105 Å². The maximum Gasteiger partial charge on any atom is 0.309 e. The van der Waals surface area contributed by atoms with E-state index < -0.39 is 21.8 Å². The highest BCUT2D eigenvalue weighted by atomic mass is 32.2. The van der Waals surface area contributed by atoms with E-state index in [2.05, 4.69) is 10.6 Å². The van der Waals surface area contributed by atoms with Crippen LogP contribution in [0, 0.1) is 6.92 Å². The normalized spacial score (nSPS) is 22.9. The van der Waals surface area contributed by atoms with Crippen LogP contribution in [0.4, 0.5) is 0 Å². The van der Waals surface area contributed by atoms with Crippen molar-refractivity contribution < 1.29 is 22.7 Å². The minimum atomic E-state index is -3.63. The van der Waals surface area contributed by atoms with E-state index in [0.717, 1.165) is 24.8 Å². The molecule has 8 nitrogen and oxygen atoms in total. The van der Waals surface area contributed by atoms with Gasteiger partial charge in [-0.3, -0.25) is 9.59 Å². The summed E-state index contributed by atoms with van der Waals surface area (Å²) in [7, 11) is -3.63. The van der Waals surface area contributed by atoms with Crippen LogP contribution >= 0.6 is 0 Å². The van der Waals surface area contributed by atoms with Gasteiger partial charge < -0.3 is 15.4 Å². The monoisotopic (exact) mass is 409 g/mol. The predicted octanol–water partition coefficient (Wildman–Crippen LogP) is 0.560. The zero-order chi connectivity index (χ0) is 20.1. The van der Waals surface area contributed by atoms with Gasteiger partial charge in [-0.1, -0.05) is 17.7 Å². The standard InChI is InChI=1S/C19H27N3O5S/c1-14-6-8-17(9-7-14)28(25,26)22-10-2-4-15(22)12-20-18(23)19(24)21-13-16-5-3-11-27-16/h6-9,15-16H,2-5,10-13H2,1H3,(H,20,23)(H,21,24)/t15-,16+/m1/s1. The Hall–Kier alpha value is -1.97. The van der Waals surface area contributed by atoms with Crippen molar-refractivity contribution in [3.63, 3.8) is 0 Å². The molecule has 2 amide bonds. The number of amides is 2. The third-order valence-corrected chi connectivity index (χ3v) is 7.14. The Morgan fingerprint density at radius 3 is 2.39 bits per heavy atom. The molecular weight excluding hydrogens is 382 g/mol. The smallest absolute Gasteiger partial charge is 0.309 e. The fraction of sp³-hybridized carbons (Fsp3) is 0.579. The van der Waals surface area contributed by atoms with E-state index >= 15 is 0 Å². The molecule has 2 heterocycles. The van der Waals surface area contributed by atoms with Gasteiger partial charge in [-0.05, 0) is 44.7 Å². The molecule has 0 saturated carbocycles. The lowest BCUT2D eigenvalue weighted by molar-refractivity contribution is -0.139. The largest absolute Gasteiger partial charge is 0.376 e. The molecule has 2 N–H and O–H groups in total. The van der Waals surface area contributed by atoms with Gasteiger partial charge in [0.15, 0.2) is 0 Å². The van der Waals surface area contributed by atoms with Crippen molar-refractivity contribution in [2.24, 2.45) is 0 Å². The summed E-state index contributed by atoms with van der Waals surface area (Å²) in [5.41, 5.74) is 0.984. The average Bonchev–Trinajstić information content (AvgIpc) is 3.36. The summed E-state index contributed by atoms with van der Waals surface area (Å²) in [6.45, 7) is 3.40. The lowest BCUT2D eigenvalue weighted by Gasteiger charge is -2.24. The Morgan fingerprint density at radius 2 is 1.75 bits per heavy atom. The van der Waals surface area contributed by atoms with Crippen LogP contribution in [0.2, 0.25) is 0 Å². The second kappa shape index (κ2) is 9.02. The predicted molar refractivity (Wildman–Crippen MR) is 103 cm³/mol. The number of carbonyl (C=O) groups excluding carboxylic acids is 2. The van der Waals surface area contributed by atoms with Crippen LogP contribution in [0.25, 0.3) is 0 Å². The second-order valence-corrected chi connectivity index (χ2v) is 9.17. The number of hydrogen-bond acceptors (Lipinski definition) is 5. The summed E-state index contributed by atoms with van der Waals surface area (Å²) in [4.78, 5) is 24.2. The fourth-order valence-corrected chi connectivity index (χ4v) is 5.25. The molecule has 1 aromatic carbocycles. The number of benzene rings is 1. The minimum Gasteiger partial charge on any atom is -0.376 e. The summed E-state index contributed by atoms with van der Waals surface area (Å²) >= 11 is 0. The number of aryl methyl sites for hydroxylation is 1. The van der Waals surface area contributed by atoms with Crippen molar-refractivity contribution in [2.45, 2.75) is 49.6 Å². The van der Waals surface area contributed by atoms with Gasteiger partial charge in [0, 0.05) is 32.3 Å². The molecule has 1 aromatic rings. The van der Waals surface area contributed by atoms with Crippen LogP contribution in [0.15, 0.2) is 29.2 Å². The summed E-state index contributed by atoms with van der Waals surface area (Å²) in [5, 5.41) is 5.13. The van der Waals surface area contributed by atoms with Crippen LogP contribution in [0.3, 0.4) is 0 Å². The van der Waals surface area contributed by atoms with E-state index in [4.69, 9.17) is 4.74 Å². The van der Waals surface area contributed by atoms with Gasteiger partial charge in [0.1, 0.15) is 0 Å². The molecule has 3 rings (SSSR count). The first-order valence-corrected chi connectivity index (χ1v) is 11.1. The molecule has 0 spiro atoms.